The van der Waals surface area contributed by atoms with Gasteiger partial charge in [-0.2, -0.15) is 0 Å². The summed E-state index contributed by atoms with van der Waals surface area (Å²) >= 11 is 0. The van der Waals surface area contributed by atoms with Crippen molar-refractivity contribution in [2.24, 2.45) is 17.8 Å². The molecule has 126 valence electrons. The van der Waals surface area contributed by atoms with Gasteiger partial charge in [0, 0.05) is 5.92 Å². The number of halogens is 4. The largest absolute Gasteiger partial charge is 0.279 e. The molecule has 0 heterocycles. The number of aryl methyl sites for hydroxylation is 1. The van der Waals surface area contributed by atoms with Crippen LogP contribution in [0.2, 0.25) is 0 Å². The maximum atomic E-state index is 14.8. The minimum absolute atomic E-state index is 0.138. The summed E-state index contributed by atoms with van der Waals surface area (Å²) in [5, 5.41) is 0. The molecule has 0 bridgehead atoms. The van der Waals surface area contributed by atoms with E-state index in [1.165, 1.54) is 6.07 Å². The normalized spacial score (nSPS) is 29.3. The fraction of sp³-hybridized carbons (Fsp3) is 0.579. The van der Waals surface area contributed by atoms with E-state index in [0.717, 1.165) is 12.8 Å². The van der Waals surface area contributed by atoms with Gasteiger partial charge in [0.25, 0.3) is 5.92 Å². The lowest BCUT2D eigenvalue weighted by molar-refractivity contribution is -0.0834. The second kappa shape index (κ2) is 5.95. The summed E-state index contributed by atoms with van der Waals surface area (Å²) in [6.07, 6.45) is 5.46. The molecule has 4 heteroatoms. The van der Waals surface area contributed by atoms with Crippen LogP contribution in [0.3, 0.4) is 0 Å². The first kappa shape index (κ1) is 16.5. The molecule has 3 rings (SSSR count). The predicted molar refractivity (Wildman–Crippen MR) is 82.5 cm³/mol. The molecule has 1 aromatic carbocycles. The summed E-state index contributed by atoms with van der Waals surface area (Å²) in [6, 6.07) is 1.44. The topological polar surface area (TPSA) is 0 Å². The van der Waals surface area contributed by atoms with E-state index in [1.54, 1.807) is 6.92 Å². The third kappa shape index (κ3) is 2.60. The fourth-order valence-electron chi connectivity index (χ4n) is 4.31. The highest BCUT2D eigenvalue weighted by Crippen LogP contribution is 2.53. The number of hydrogen-bond donors (Lipinski definition) is 0. The zero-order valence-electron chi connectivity index (χ0n) is 13.3. The summed E-state index contributed by atoms with van der Waals surface area (Å²) < 4.78 is 57.8. The summed E-state index contributed by atoms with van der Waals surface area (Å²) in [4.78, 5) is 0. The van der Waals surface area contributed by atoms with Gasteiger partial charge in [0.1, 0.15) is 0 Å². The third-order valence-electron chi connectivity index (χ3n) is 5.70. The SMILES string of the molecule is C=CC1CCC(C2Cc3cc(CC)c(F)c(F)c3C2(F)F)CC1. The number of fused-ring (bicyclic) bond motifs is 1. The number of allylic oxidation sites excluding steroid dienone is 1. The Balaban J connectivity index is 1.92. The van der Waals surface area contributed by atoms with Gasteiger partial charge in [0.05, 0.1) is 5.56 Å². The van der Waals surface area contributed by atoms with Crippen molar-refractivity contribution in [2.45, 2.75) is 51.4 Å². The van der Waals surface area contributed by atoms with Crippen LogP contribution in [0.15, 0.2) is 18.7 Å². The maximum Gasteiger partial charge on any atom is 0.279 e. The van der Waals surface area contributed by atoms with Crippen LogP contribution >= 0.6 is 0 Å². The van der Waals surface area contributed by atoms with E-state index in [9.17, 15) is 17.6 Å². The molecular formula is C19H22F4. The average Bonchev–Trinajstić information content (AvgIpc) is 2.81. The first-order chi connectivity index (χ1) is 10.9. The lowest BCUT2D eigenvalue weighted by atomic mass is 9.74. The molecule has 0 amide bonds. The molecule has 1 unspecified atom stereocenters. The predicted octanol–water partition coefficient (Wildman–Crippen LogP) is 5.78. The van der Waals surface area contributed by atoms with Crippen LogP contribution in [0.5, 0.6) is 0 Å². The van der Waals surface area contributed by atoms with E-state index >= 15 is 0 Å². The molecule has 1 aromatic rings. The van der Waals surface area contributed by atoms with Crippen LogP contribution in [0.4, 0.5) is 17.6 Å². The van der Waals surface area contributed by atoms with Crippen molar-refractivity contribution in [1.82, 2.24) is 0 Å². The van der Waals surface area contributed by atoms with Gasteiger partial charge in [-0.1, -0.05) is 19.1 Å². The third-order valence-corrected chi connectivity index (χ3v) is 5.70. The van der Waals surface area contributed by atoms with Crippen LogP contribution in [0.1, 0.15) is 49.3 Å². The van der Waals surface area contributed by atoms with Gasteiger partial charge >= 0.3 is 0 Å². The monoisotopic (exact) mass is 326 g/mol. The Morgan fingerprint density at radius 2 is 1.83 bits per heavy atom. The summed E-state index contributed by atoms with van der Waals surface area (Å²) in [6.45, 7) is 5.47. The van der Waals surface area contributed by atoms with Crippen molar-refractivity contribution >= 4 is 0 Å². The second-order valence-corrected chi connectivity index (χ2v) is 6.90. The molecule has 0 aromatic heterocycles. The van der Waals surface area contributed by atoms with Crippen LogP contribution in [0.25, 0.3) is 0 Å². The van der Waals surface area contributed by atoms with Gasteiger partial charge < -0.3 is 0 Å². The highest BCUT2D eigenvalue weighted by atomic mass is 19.3. The van der Waals surface area contributed by atoms with Crippen molar-refractivity contribution in [3.05, 3.63) is 47.0 Å². The van der Waals surface area contributed by atoms with Crippen molar-refractivity contribution in [3.63, 3.8) is 0 Å². The second-order valence-electron chi connectivity index (χ2n) is 6.90. The Kier molecular flexibility index (Phi) is 4.28. The summed E-state index contributed by atoms with van der Waals surface area (Å²) in [7, 11) is 0. The van der Waals surface area contributed by atoms with Gasteiger partial charge in [0.2, 0.25) is 0 Å². The Morgan fingerprint density at radius 3 is 2.39 bits per heavy atom. The molecule has 2 aliphatic rings. The molecule has 23 heavy (non-hydrogen) atoms. The Hall–Kier alpha value is -1.32. The van der Waals surface area contributed by atoms with Crippen LogP contribution in [0, 0.1) is 29.4 Å². The van der Waals surface area contributed by atoms with Crippen LogP contribution in [-0.2, 0) is 18.8 Å². The molecular weight excluding hydrogens is 304 g/mol. The Bertz CT molecular complexity index is 612. The molecule has 1 atom stereocenters. The molecule has 0 radical (unpaired) electrons. The number of benzene rings is 1. The molecule has 0 saturated heterocycles. The summed E-state index contributed by atoms with van der Waals surface area (Å²) in [5.41, 5.74) is -0.210. The molecule has 0 aliphatic heterocycles. The van der Waals surface area contributed by atoms with Gasteiger partial charge in [-0.15, -0.1) is 6.58 Å². The van der Waals surface area contributed by atoms with Crippen LogP contribution < -0.4 is 0 Å². The Labute approximate surface area is 134 Å². The zero-order valence-corrected chi connectivity index (χ0v) is 13.3. The van der Waals surface area contributed by atoms with E-state index in [0.29, 0.717) is 30.7 Å². The highest BCUT2D eigenvalue weighted by Gasteiger charge is 2.54. The van der Waals surface area contributed by atoms with Gasteiger partial charge in [-0.05, 0) is 61.5 Å². The molecule has 0 nitrogen and oxygen atoms in total. The van der Waals surface area contributed by atoms with Gasteiger partial charge in [-0.3, -0.25) is 0 Å². The first-order valence-electron chi connectivity index (χ1n) is 8.40. The minimum Gasteiger partial charge on any atom is -0.203 e. The van der Waals surface area contributed by atoms with E-state index in [1.807, 2.05) is 6.08 Å². The van der Waals surface area contributed by atoms with Gasteiger partial charge in [-0.25, -0.2) is 17.6 Å². The first-order valence-corrected chi connectivity index (χ1v) is 8.40. The average molecular weight is 326 g/mol. The smallest absolute Gasteiger partial charge is 0.203 e. The summed E-state index contributed by atoms with van der Waals surface area (Å²) in [5.74, 6) is -6.39. The molecule has 0 N–H and O–H groups in total. The zero-order chi connectivity index (χ0) is 16.8. The highest BCUT2D eigenvalue weighted by molar-refractivity contribution is 5.42. The van der Waals surface area contributed by atoms with Crippen molar-refractivity contribution < 1.29 is 17.6 Å². The number of rotatable bonds is 3. The van der Waals surface area contributed by atoms with Crippen molar-refractivity contribution in [2.75, 3.05) is 0 Å². The molecule has 2 aliphatic carbocycles. The minimum atomic E-state index is -3.28. The quantitative estimate of drug-likeness (QED) is 0.487. The van der Waals surface area contributed by atoms with Gasteiger partial charge in [0.15, 0.2) is 11.6 Å². The van der Waals surface area contributed by atoms with E-state index in [4.69, 9.17) is 0 Å². The van der Waals surface area contributed by atoms with Crippen molar-refractivity contribution in [3.8, 4) is 0 Å². The molecule has 1 fully saturated rings. The maximum absolute atomic E-state index is 14.8. The van der Waals surface area contributed by atoms with Crippen molar-refractivity contribution in [1.29, 1.82) is 0 Å². The standard InChI is InChI=1S/C19H22F4/c1-3-11-5-7-13(8-6-11)15-10-14-9-12(4-2)17(20)18(21)16(14)19(15,22)23/h3,9,11,13,15H,1,4-8,10H2,2H3. The van der Waals surface area contributed by atoms with E-state index < -0.39 is 29.0 Å². The lowest BCUT2D eigenvalue weighted by Crippen LogP contribution is -2.31. The number of alkyl halides is 2. The fourth-order valence-corrected chi connectivity index (χ4v) is 4.31. The van der Waals surface area contributed by atoms with Crippen LogP contribution in [-0.4, -0.2) is 0 Å². The lowest BCUT2D eigenvalue weighted by Gasteiger charge is -2.34. The van der Waals surface area contributed by atoms with E-state index in [-0.39, 0.29) is 17.9 Å². The van der Waals surface area contributed by atoms with E-state index in [2.05, 4.69) is 6.58 Å². The molecule has 0 spiro atoms. The molecule has 1 saturated carbocycles. The Morgan fingerprint density at radius 1 is 1.17 bits per heavy atom. The number of hydrogen-bond acceptors (Lipinski definition) is 0.